The van der Waals surface area contributed by atoms with Gasteiger partial charge in [-0.1, -0.05) is 0 Å². The molecule has 0 aliphatic heterocycles. The minimum atomic E-state index is -2.74. The number of likely N-dealkylation sites (N-methyl/N-ethyl adjacent to an activating group) is 1. The molecule has 0 saturated heterocycles. The van der Waals surface area contributed by atoms with Gasteiger partial charge >= 0.3 is 17.9 Å². The third-order valence-corrected chi connectivity index (χ3v) is 2.06. The van der Waals surface area contributed by atoms with Crippen LogP contribution in [0, 0.1) is 0 Å². The molecule has 0 atom stereocenters. The number of rotatable bonds is 7. The van der Waals surface area contributed by atoms with Gasteiger partial charge in [-0.3, -0.25) is 9.59 Å². The second kappa shape index (κ2) is 10.5. The van der Waals surface area contributed by atoms with Crippen molar-refractivity contribution >= 4 is 17.9 Å². The SMILES string of the molecule is C[N+](C)(C)CCO.O=C(O)CC(O)(CC(=O)O)C(=O)O.[Fe]. The first-order chi connectivity index (χ1) is 8.84. The van der Waals surface area contributed by atoms with Crippen molar-refractivity contribution in [2.24, 2.45) is 0 Å². The van der Waals surface area contributed by atoms with Crippen LogP contribution in [-0.2, 0) is 31.5 Å². The molecule has 0 saturated carbocycles. The summed E-state index contributed by atoms with van der Waals surface area (Å²) >= 11 is 0. The van der Waals surface area contributed by atoms with Gasteiger partial charge in [-0.2, -0.15) is 0 Å². The van der Waals surface area contributed by atoms with Gasteiger partial charge in [0, 0.05) is 17.1 Å². The number of nitrogens with zero attached hydrogens (tertiary/aromatic N) is 1. The van der Waals surface area contributed by atoms with E-state index in [9.17, 15) is 14.4 Å². The Balaban J connectivity index is -0.000000347. The predicted octanol–water partition coefficient (Wildman–Crippen LogP) is -1.57. The van der Waals surface area contributed by atoms with Gasteiger partial charge in [0.05, 0.1) is 40.6 Å². The van der Waals surface area contributed by atoms with Crippen molar-refractivity contribution in [3.8, 4) is 0 Å². The zero-order valence-corrected chi connectivity index (χ0v) is 13.2. The summed E-state index contributed by atoms with van der Waals surface area (Å²) in [7, 11) is 6.16. The molecule has 0 aromatic heterocycles. The van der Waals surface area contributed by atoms with E-state index in [0.717, 1.165) is 11.0 Å². The van der Waals surface area contributed by atoms with Gasteiger partial charge in [-0.05, 0) is 0 Å². The standard InChI is InChI=1S/C6H8O7.C5H14NO.Fe/c7-3(8)1-6(13,5(11)12)2-4(9)10;1-6(2,3)4-5-7;/h13H,1-2H2,(H,7,8)(H,9,10)(H,11,12);7H,4-5H2,1-3H3;/q;+1;. The topological polar surface area (TPSA) is 152 Å². The molecule has 0 aromatic rings. The van der Waals surface area contributed by atoms with E-state index in [0.29, 0.717) is 0 Å². The van der Waals surface area contributed by atoms with Crippen molar-refractivity contribution < 1.29 is 61.5 Å². The summed E-state index contributed by atoms with van der Waals surface area (Å²) in [6.45, 7) is 1.11. The second-order valence-electron chi connectivity index (χ2n) is 5.22. The number of carboxylic acid groups (broad SMARTS) is 3. The average molecular weight is 352 g/mol. The minimum Gasteiger partial charge on any atom is -0.481 e. The molecule has 5 N–H and O–H groups in total. The maximum atomic E-state index is 10.3. The van der Waals surface area contributed by atoms with E-state index in [2.05, 4.69) is 21.1 Å². The molecule has 0 aliphatic carbocycles. The normalized spacial score (nSPS) is 10.7. The van der Waals surface area contributed by atoms with Crippen molar-refractivity contribution in [3.05, 3.63) is 0 Å². The van der Waals surface area contributed by atoms with E-state index >= 15 is 0 Å². The molecule has 10 heteroatoms. The Kier molecular flexibility index (Phi) is 12.4. The molecular formula is C11H22FeNO8+. The fourth-order valence-electron chi connectivity index (χ4n) is 1.01. The van der Waals surface area contributed by atoms with Crippen LogP contribution in [-0.4, -0.2) is 87.8 Å². The van der Waals surface area contributed by atoms with Gasteiger partial charge in [0.15, 0.2) is 5.60 Å². The van der Waals surface area contributed by atoms with Crippen LogP contribution in [0.15, 0.2) is 0 Å². The third-order valence-electron chi connectivity index (χ3n) is 2.06. The number of aliphatic hydroxyl groups is 2. The summed E-state index contributed by atoms with van der Waals surface area (Å²) in [5, 5.41) is 42.2. The van der Waals surface area contributed by atoms with Gasteiger partial charge in [-0.15, -0.1) is 0 Å². The molecule has 0 radical (unpaired) electrons. The molecule has 0 heterocycles. The monoisotopic (exact) mass is 352 g/mol. The molecule has 9 nitrogen and oxygen atoms in total. The van der Waals surface area contributed by atoms with Crippen molar-refractivity contribution in [1.29, 1.82) is 0 Å². The fraction of sp³-hybridized carbons (Fsp3) is 0.727. The van der Waals surface area contributed by atoms with Crippen LogP contribution in [0.25, 0.3) is 0 Å². The van der Waals surface area contributed by atoms with E-state index < -0.39 is 36.4 Å². The van der Waals surface area contributed by atoms with Gasteiger partial charge in [0.2, 0.25) is 0 Å². The molecule has 0 aromatic carbocycles. The van der Waals surface area contributed by atoms with Crippen LogP contribution in [0.1, 0.15) is 12.8 Å². The van der Waals surface area contributed by atoms with Crippen LogP contribution in [0.4, 0.5) is 0 Å². The molecule has 0 fully saturated rings. The number of hydrogen-bond donors (Lipinski definition) is 5. The fourth-order valence-corrected chi connectivity index (χ4v) is 1.01. The minimum absolute atomic E-state index is 0. The summed E-state index contributed by atoms with van der Waals surface area (Å²) in [5.41, 5.74) is -2.74. The van der Waals surface area contributed by atoms with Crippen molar-refractivity contribution in [2.75, 3.05) is 34.3 Å². The summed E-state index contributed by atoms with van der Waals surface area (Å²) in [4.78, 5) is 30.5. The van der Waals surface area contributed by atoms with E-state index in [-0.39, 0.29) is 23.7 Å². The van der Waals surface area contributed by atoms with Gasteiger partial charge in [0.25, 0.3) is 0 Å². The van der Waals surface area contributed by atoms with Crippen LogP contribution in [0.2, 0.25) is 0 Å². The smallest absolute Gasteiger partial charge is 0.336 e. The summed E-state index contributed by atoms with van der Waals surface area (Å²) < 4.78 is 0.844. The number of carbonyl (C=O) groups is 3. The van der Waals surface area contributed by atoms with Gasteiger partial charge in [-0.25, -0.2) is 4.79 Å². The summed E-state index contributed by atoms with van der Waals surface area (Å²) in [5.74, 6) is -5.02. The molecule has 0 spiro atoms. The zero-order valence-electron chi connectivity index (χ0n) is 12.1. The molecule has 0 bridgehead atoms. The molecule has 21 heavy (non-hydrogen) atoms. The quantitative estimate of drug-likeness (QED) is 0.272. The van der Waals surface area contributed by atoms with Crippen LogP contribution in [0.3, 0.4) is 0 Å². The molecule has 0 unspecified atom stereocenters. The average Bonchev–Trinajstić information content (AvgIpc) is 2.12. The van der Waals surface area contributed by atoms with E-state index in [1.807, 2.05) is 0 Å². The Labute approximate surface area is 132 Å². The molecular weight excluding hydrogens is 330 g/mol. The molecule has 0 aliphatic rings. The third kappa shape index (κ3) is 15.0. The Morgan fingerprint density at radius 2 is 1.29 bits per heavy atom. The first-order valence-electron chi connectivity index (χ1n) is 5.65. The van der Waals surface area contributed by atoms with Crippen LogP contribution in [0.5, 0.6) is 0 Å². The largest absolute Gasteiger partial charge is 0.481 e. The van der Waals surface area contributed by atoms with Crippen LogP contribution >= 0.6 is 0 Å². The van der Waals surface area contributed by atoms with Crippen LogP contribution < -0.4 is 0 Å². The predicted molar refractivity (Wildman–Crippen MR) is 67.1 cm³/mol. The summed E-state index contributed by atoms with van der Waals surface area (Å²) in [6.07, 6.45) is -2.29. The number of aliphatic hydroxyl groups excluding tert-OH is 1. The van der Waals surface area contributed by atoms with Crippen molar-refractivity contribution in [1.82, 2.24) is 0 Å². The summed E-state index contributed by atoms with van der Waals surface area (Å²) in [6, 6.07) is 0. The Morgan fingerprint density at radius 1 is 0.952 bits per heavy atom. The van der Waals surface area contributed by atoms with E-state index in [4.69, 9.17) is 25.5 Å². The Hall–Kier alpha value is -1.19. The number of carboxylic acids is 3. The van der Waals surface area contributed by atoms with Gasteiger partial charge in [0.1, 0.15) is 6.54 Å². The maximum Gasteiger partial charge on any atom is 0.336 e. The Bertz CT molecular complexity index is 337. The molecule has 0 rings (SSSR count). The number of quaternary nitrogens is 1. The maximum absolute atomic E-state index is 10.3. The molecule has 0 amide bonds. The van der Waals surface area contributed by atoms with Crippen molar-refractivity contribution in [2.45, 2.75) is 18.4 Å². The second-order valence-corrected chi connectivity index (χ2v) is 5.22. The van der Waals surface area contributed by atoms with E-state index in [1.54, 1.807) is 0 Å². The van der Waals surface area contributed by atoms with Crippen molar-refractivity contribution in [3.63, 3.8) is 0 Å². The zero-order chi connectivity index (χ0) is 16.6. The molecule has 126 valence electrons. The number of aliphatic carboxylic acids is 3. The number of hydrogen-bond acceptors (Lipinski definition) is 5. The van der Waals surface area contributed by atoms with Gasteiger partial charge < -0.3 is 30.0 Å². The van der Waals surface area contributed by atoms with E-state index in [1.165, 1.54) is 0 Å². The first kappa shape index (κ1) is 24.8. The first-order valence-corrected chi connectivity index (χ1v) is 5.65. The Morgan fingerprint density at radius 3 is 1.38 bits per heavy atom.